The van der Waals surface area contributed by atoms with E-state index in [-0.39, 0.29) is 24.0 Å². The van der Waals surface area contributed by atoms with Crippen LogP contribution in [0.3, 0.4) is 0 Å². The molecule has 6 heteroatoms. The summed E-state index contributed by atoms with van der Waals surface area (Å²) in [5.74, 6) is 2.25. The van der Waals surface area contributed by atoms with E-state index in [1.165, 1.54) is 19.3 Å². The largest absolute Gasteiger partial charge is 0.497 e. The summed E-state index contributed by atoms with van der Waals surface area (Å²) in [6.45, 7) is 4.10. The van der Waals surface area contributed by atoms with Crippen molar-refractivity contribution in [2.45, 2.75) is 57.1 Å². The summed E-state index contributed by atoms with van der Waals surface area (Å²) >= 11 is 0. The summed E-state index contributed by atoms with van der Waals surface area (Å²) < 4.78 is 17.5. The van der Waals surface area contributed by atoms with Crippen LogP contribution in [-0.2, 0) is 9.53 Å². The summed E-state index contributed by atoms with van der Waals surface area (Å²) in [5.41, 5.74) is 1.09. The highest BCUT2D eigenvalue weighted by Gasteiger charge is 2.38. The van der Waals surface area contributed by atoms with Crippen LogP contribution < -0.4 is 14.8 Å². The quantitative estimate of drug-likeness (QED) is 0.709. The molecule has 29 heavy (non-hydrogen) atoms. The molecular formula is C23H34N2O4. The van der Waals surface area contributed by atoms with Crippen LogP contribution in [-0.4, -0.2) is 56.8 Å². The second-order valence-electron chi connectivity index (χ2n) is 8.44. The number of nitrogens with one attached hydrogen (secondary N) is 1. The Kier molecular flexibility index (Phi) is 6.93. The Labute approximate surface area is 173 Å². The lowest BCUT2D eigenvalue weighted by molar-refractivity contribution is -0.125. The third-order valence-electron chi connectivity index (χ3n) is 6.57. The summed E-state index contributed by atoms with van der Waals surface area (Å²) in [6, 6.07) is 6.18. The molecule has 2 aliphatic heterocycles. The number of morpholine rings is 1. The van der Waals surface area contributed by atoms with Crippen LogP contribution in [0.2, 0.25) is 0 Å². The van der Waals surface area contributed by atoms with Crippen molar-refractivity contribution in [1.29, 1.82) is 0 Å². The lowest BCUT2D eigenvalue weighted by Crippen LogP contribution is -2.52. The van der Waals surface area contributed by atoms with Gasteiger partial charge in [-0.2, -0.15) is 0 Å². The van der Waals surface area contributed by atoms with Gasteiger partial charge in [-0.25, -0.2) is 0 Å². The standard InChI is InChI=1S/C23H34N2O4/c1-27-18-9-10-21-19(15-18)22-20(16-29-21)25(13-14-28-22)12-6-5-11-24-23(26)17-7-3-2-4-8-17/h9-10,15,17,20,22H,2-8,11-14,16H2,1H3,(H,24,26)/t20-,22-/m1/s1. The highest BCUT2D eigenvalue weighted by atomic mass is 16.5. The number of rotatable bonds is 7. The molecule has 3 aliphatic rings. The molecule has 6 nitrogen and oxygen atoms in total. The van der Waals surface area contributed by atoms with Gasteiger partial charge in [0, 0.05) is 24.6 Å². The van der Waals surface area contributed by atoms with Crippen molar-refractivity contribution in [2.24, 2.45) is 5.92 Å². The molecule has 1 aromatic carbocycles. The number of hydrogen-bond donors (Lipinski definition) is 1. The number of carbonyl (C=O) groups is 1. The van der Waals surface area contributed by atoms with Gasteiger partial charge in [-0.15, -0.1) is 0 Å². The van der Waals surface area contributed by atoms with Crippen LogP contribution in [0.1, 0.15) is 56.6 Å². The van der Waals surface area contributed by atoms with Gasteiger partial charge in [-0.05, 0) is 50.4 Å². The van der Waals surface area contributed by atoms with Crippen LogP contribution in [0.4, 0.5) is 0 Å². The molecule has 1 aromatic rings. The van der Waals surface area contributed by atoms with E-state index in [1.54, 1.807) is 7.11 Å². The summed E-state index contributed by atoms with van der Waals surface area (Å²) in [7, 11) is 1.68. The van der Waals surface area contributed by atoms with Crippen molar-refractivity contribution < 1.29 is 19.0 Å². The molecule has 160 valence electrons. The molecule has 1 aliphatic carbocycles. The molecule has 1 N–H and O–H groups in total. The molecule has 0 unspecified atom stereocenters. The van der Waals surface area contributed by atoms with Gasteiger partial charge in [-0.3, -0.25) is 9.69 Å². The minimum absolute atomic E-state index is 0.0357. The number of methoxy groups -OCH3 is 1. The van der Waals surface area contributed by atoms with Crippen LogP contribution in [0.25, 0.3) is 0 Å². The van der Waals surface area contributed by atoms with Gasteiger partial charge in [0.25, 0.3) is 0 Å². The first-order valence-electron chi connectivity index (χ1n) is 11.2. The molecule has 0 spiro atoms. The number of benzene rings is 1. The van der Waals surface area contributed by atoms with E-state index in [9.17, 15) is 4.79 Å². The van der Waals surface area contributed by atoms with Gasteiger partial charge in [0.05, 0.1) is 19.8 Å². The minimum atomic E-state index is 0.0357. The first-order valence-corrected chi connectivity index (χ1v) is 11.2. The Balaban J connectivity index is 1.24. The van der Waals surface area contributed by atoms with Gasteiger partial charge in [0.1, 0.15) is 24.2 Å². The van der Waals surface area contributed by atoms with Crippen LogP contribution in [0.15, 0.2) is 18.2 Å². The molecule has 1 saturated carbocycles. The molecule has 2 heterocycles. The maximum Gasteiger partial charge on any atom is 0.223 e. The van der Waals surface area contributed by atoms with E-state index >= 15 is 0 Å². The summed E-state index contributed by atoms with van der Waals surface area (Å²) in [5, 5.41) is 3.15. The van der Waals surface area contributed by atoms with E-state index in [0.717, 1.165) is 69.0 Å². The first kappa shape index (κ1) is 20.5. The van der Waals surface area contributed by atoms with Crippen LogP contribution in [0, 0.1) is 5.92 Å². The zero-order chi connectivity index (χ0) is 20.1. The second-order valence-corrected chi connectivity index (χ2v) is 8.44. The van der Waals surface area contributed by atoms with E-state index in [1.807, 2.05) is 18.2 Å². The fourth-order valence-electron chi connectivity index (χ4n) is 4.88. The predicted octanol–water partition coefficient (Wildman–Crippen LogP) is 3.31. The smallest absolute Gasteiger partial charge is 0.223 e. The molecule has 1 amide bonds. The van der Waals surface area contributed by atoms with Crippen molar-refractivity contribution in [1.82, 2.24) is 10.2 Å². The second kappa shape index (κ2) is 9.81. The van der Waals surface area contributed by atoms with E-state index in [4.69, 9.17) is 14.2 Å². The van der Waals surface area contributed by atoms with E-state index in [0.29, 0.717) is 6.61 Å². The van der Waals surface area contributed by atoms with E-state index < -0.39 is 0 Å². The van der Waals surface area contributed by atoms with Crippen molar-refractivity contribution in [3.8, 4) is 11.5 Å². The Hall–Kier alpha value is -1.79. The monoisotopic (exact) mass is 402 g/mol. The van der Waals surface area contributed by atoms with Gasteiger partial charge >= 0.3 is 0 Å². The normalized spacial score (nSPS) is 24.9. The van der Waals surface area contributed by atoms with Gasteiger partial charge < -0.3 is 19.5 Å². The van der Waals surface area contributed by atoms with Gasteiger partial charge in [0.15, 0.2) is 0 Å². The van der Waals surface area contributed by atoms with Crippen LogP contribution >= 0.6 is 0 Å². The average molecular weight is 403 g/mol. The molecule has 0 aromatic heterocycles. The lowest BCUT2D eigenvalue weighted by atomic mass is 9.89. The highest BCUT2D eigenvalue weighted by molar-refractivity contribution is 5.78. The number of hydrogen-bond acceptors (Lipinski definition) is 5. The maximum absolute atomic E-state index is 12.3. The third-order valence-corrected chi connectivity index (χ3v) is 6.57. The number of unbranched alkanes of at least 4 members (excludes halogenated alkanes) is 1. The number of ether oxygens (including phenoxy) is 3. The van der Waals surface area contributed by atoms with Crippen molar-refractivity contribution >= 4 is 5.91 Å². The summed E-state index contributed by atoms with van der Waals surface area (Å²) in [6.07, 6.45) is 7.94. The fraction of sp³-hybridized carbons (Fsp3) is 0.696. The number of nitrogens with zero attached hydrogens (tertiary/aromatic N) is 1. The van der Waals surface area contributed by atoms with Crippen molar-refractivity contribution in [3.05, 3.63) is 23.8 Å². The van der Waals surface area contributed by atoms with Gasteiger partial charge in [0.2, 0.25) is 5.91 Å². The molecule has 0 bridgehead atoms. The van der Waals surface area contributed by atoms with Gasteiger partial charge in [-0.1, -0.05) is 19.3 Å². The predicted molar refractivity (Wildman–Crippen MR) is 111 cm³/mol. The number of fused-ring (bicyclic) bond motifs is 3. The summed E-state index contributed by atoms with van der Waals surface area (Å²) in [4.78, 5) is 14.7. The lowest BCUT2D eigenvalue weighted by Gasteiger charge is -2.44. The van der Waals surface area contributed by atoms with Crippen molar-refractivity contribution in [2.75, 3.05) is 40.0 Å². The van der Waals surface area contributed by atoms with Crippen molar-refractivity contribution in [3.63, 3.8) is 0 Å². The molecule has 2 fully saturated rings. The molecule has 0 radical (unpaired) electrons. The molecule has 1 saturated heterocycles. The maximum atomic E-state index is 12.3. The Morgan fingerprint density at radius 2 is 2.10 bits per heavy atom. The number of amides is 1. The first-order chi connectivity index (χ1) is 14.3. The molecule has 2 atom stereocenters. The topological polar surface area (TPSA) is 60.0 Å². The fourth-order valence-corrected chi connectivity index (χ4v) is 4.88. The average Bonchev–Trinajstić information content (AvgIpc) is 2.78. The van der Waals surface area contributed by atoms with Crippen LogP contribution in [0.5, 0.6) is 11.5 Å². The zero-order valence-electron chi connectivity index (χ0n) is 17.5. The molecular weight excluding hydrogens is 368 g/mol. The Morgan fingerprint density at radius 3 is 2.93 bits per heavy atom. The molecule has 4 rings (SSSR count). The minimum Gasteiger partial charge on any atom is -0.497 e. The zero-order valence-corrected chi connectivity index (χ0v) is 17.5. The third kappa shape index (κ3) is 4.86. The Bertz CT molecular complexity index is 689. The SMILES string of the molecule is COc1ccc2c(c1)[C@H]1OCCN(CCCCNC(=O)C3CCCCC3)[C@@H]1CO2. The Morgan fingerprint density at radius 1 is 1.24 bits per heavy atom. The van der Waals surface area contributed by atoms with E-state index in [2.05, 4.69) is 10.2 Å². The number of carbonyl (C=O) groups excluding carboxylic acids is 1. The highest BCUT2D eigenvalue weighted by Crippen LogP contribution is 2.40.